The molecule has 3 aromatic rings. The first kappa shape index (κ1) is 24.1. The summed E-state index contributed by atoms with van der Waals surface area (Å²) in [4.78, 5) is 44.4. The van der Waals surface area contributed by atoms with Crippen LogP contribution in [0.15, 0.2) is 54.7 Å². The van der Waals surface area contributed by atoms with E-state index in [0.717, 1.165) is 6.42 Å². The molecule has 11 nitrogen and oxygen atoms in total. The smallest absolute Gasteiger partial charge is 0.260 e. The van der Waals surface area contributed by atoms with Crippen LogP contribution >= 0.6 is 0 Å². The highest BCUT2D eigenvalue weighted by atomic mass is 16.2. The van der Waals surface area contributed by atoms with Crippen LogP contribution in [0, 0.1) is 0 Å². The van der Waals surface area contributed by atoms with E-state index in [1.807, 2.05) is 6.92 Å². The van der Waals surface area contributed by atoms with Gasteiger partial charge in [-0.15, -0.1) is 0 Å². The maximum atomic E-state index is 13.0. The van der Waals surface area contributed by atoms with Gasteiger partial charge >= 0.3 is 0 Å². The van der Waals surface area contributed by atoms with E-state index < -0.39 is 11.8 Å². The van der Waals surface area contributed by atoms with Crippen LogP contribution in [-0.2, 0) is 4.79 Å². The number of rotatable bonds is 10. The fourth-order valence-electron chi connectivity index (χ4n) is 2.92. The van der Waals surface area contributed by atoms with Crippen molar-refractivity contribution in [1.29, 1.82) is 0 Å². The van der Waals surface area contributed by atoms with Gasteiger partial charge in [-0.05, 0) is 48.9 Å². The molecule has 0 spiro atoms. The first-order chi connectivity index (χ1) is 16.4. The summed E-state index contributed by atoms with van der Waals surface area (Å²) in [5.74, 6) is -0.642. The molecule has 0 aliphatic rings. The van der Waals surface area contributed by atoms with Crippen molar-refractivity contribution in [2.24, 2.45) is 11.5 Å². The molecule has 0 saturated carbocycles. The third-order valence-corrected chi connectivity index (χ3v) is 4.59. The lowest BCUT2D eigenvalue weighted by Crippen LogP contribution is -2.22. The first-order valence-electron chi connectivity index (χ1n) is 10.6. The summed E-state index contributed by atoms with van der Waals surface area (Å²) in [5.41, 5.74) is 12.9. The van der Waals surface area contributed by atoms with E-state index in [-0.39, 0.29) is 24.0 Å². The standard InChI is InChI=1S/C23H26N8O3/c1-2-10-26-21-18(22(34)29-17-5-3-4-16(11-17)28-19(32)12-24)13-27-23(31-21)30-15-8-6-14(7-9-15)20(25)33/h3-9,11,13H,2,10,12,24H2,1H3,(H2,25,33)(H,28,32)(H,29,34)(H2,26,27,30,31). The Kier molecular flexibility index (Phi) is 8.08. The Balaban J connectivity index is 1.79. The summed E-state index contributed by atoms with van der Waals surface area (Å²) in [6, 6.07) is 13.2. The van der Waals surface area contributed by atoms with E-state index in [1.54, 1.807) is 48.5 Å². The van der Waals surface area contributed by atoms with Crippen LogP contribution in [0.1, 0.15) is 34.1 Å². The predicted octanol–water partition coefficient (Wildman–Crippen LogP) is 2.29. The minimum absolute atomic E-state index is 0.143. The minimum Gasteiger partial charge on any atom is -0.369 e. The zero-order chi connectivity index (χ0) is 24.5. The molecule has 0 bridgehead atoms. The number of nitrogens with zero attached hydrogens (tertiary/aromatic N) is 2. The van der Waals surface area contributed by atoms with Crippen molar-refractivity contribution in [1.82, 2.24) is 9.97 Å². The molecule has 1 heterocycles. The molecule has 0 radical (unpaired) electrons. The second-order valence-electron chi connectivity index (χ2n) is 7.24. The van der Waals surface area contributed by atoms with E-state index >= 15 is 0 Å². The van der Waals surface area contributed by atoms with Gasteiger partial charge in [0.2, 0.25) is 17.8 Å². The van der Waals surface area contributed by atoms with Crippen molar-refractivity contribution in [3.05, 3.63) is 65.9 Å². The quantitative estimate of drug-likeness (QED) is 0.266. The number of nitrogens with one attached hydrogen (secondary N) is 4. The molecule has 2 aromatic carbocycles. The average Bonchev–Trinajstić information content (AvgIpc) is 2.83. The number of amides is 3. The molecule has 0 saturated heterocycles. The van der Waals surface area contributed by atoms with E-state index in [9.17, 15) is 14.4 Å². The van der Waals surface area contributed by atoms with Gasteiger partial charge in [-0.2, -0.15) is 4.98 Å². The third kappa shape index (κ3) is 6.50. The van der Waals surface area contributed by atoms with Gasteiger partial charge in [-0.3, -0.25) is 14.4 Å². The van der Waals surface area contributed by atoms with Gasteiger partial charge in [-0.1, -0.05) is 13.0 Å². The molecule has 3 amide bonds. The Morgan fingerprint density at radius 1 is 0.971 bits per heavy atom. The number of carbonyl (C=O) groups is 3. The third-order valence-electron chi connectivity index (χ3n) is 4.59. The van der Waals surface area contributed by atoms with Crippen molar-refractivity contribution >= 4 is 46.5 Å². The lowest BCUT2D eigenvalue weighted by atomic mass is 10.2. The number of primary amides is 1. The molecular weight excluding hydrogens is 436 g/mol. The second kappa shape index (κ2) is 11.4. The fraction of sp³-hybridized carbons (Fsp3) is 0.174. The Labute approximate surface area is 196 Å². The summed E-state index contributed by atoms with van der Waals surface area (Å²) >= 11 is 0. The highest BCUT2D eigenvalue weighted by molar-refractivity contribution is 6.07. The predicted molar refractivity (Wildman–Crippen MR) is 131 cm³/mol. The minimum atomic E-state index is -0.517. The summed E-state index contributed by atoms with van der Waals surface area (Å²) in [6.07, 6.45) is 2.24. The summed E-state index contributed by atoms with van der Waals surface area (Å²) < 4.78 is 0. The van der Waals surface area contributed by atoms with Crippen LogP contribution in [0.4, 0.5) is 28.8 Å². The van der Waals surface area contributed by atoms with Crippen molar-refractivity contribution in [3.8, 4) is 0 Å². The molecule has 11 heteroatoms. The van der Waals surface area contributed by atoms with Crippen molar-refractivity contribution < 1.29 is 14.4 Å². The van der Waals surface area contributed by atoms with Gasteiger partial charge in [0.15, 0.2) is 0 Å². The van der Waals surface area contributed by atoms with Crippen molar-refractivity contribution in [3.63, 3.8) is 0 Å². The SMILES string of the molecule is CCCNc1nc(Nc2ccc(C(N)=O)cc2)ncc1C(=O)Nc1cccc(NC(=O)CN)c1. The van der Waals surface area contributed by atoms with Crippen LogP contribution in [-0.4, -0.2) is 40.8 Å². The van der Waals surface area contributed by atoms with E-state index in [4.69, 9.17) is 11.5 Å². The molecular formula is C23H26N8O3. The largest absolute Gasteiger partial charge is 0.369 e. The maximum Gasteiger partial charge on any atom is 0.260 e. The zero-order valence-electron chi connectivity index (χ0n) is 18.6. The molecule has 0 atom stereocenters. The topological polar surface area (TPSA) is 177 Å². The molecule has 1 aromatic heterocycles. The van der Waals surface area contributed by atoms with Gasteiger partial charge in [0.1, 0.15) is 11.4 Å². The number of aromatic nitrogens is 2. The molecule has 8 N–H and O–H groups in total. The van der Waals surface area contributed by atoms with Crippen LogP contribution in [0.5, 0.6) is 0 Å². The van der Waals surface area contributed by atoms with Gasteiger partial charge in [0, 0.05) is 35.4 Å². The van der Waals surface area contributed by atoms with Crippen LogP contribution in [0.3, 0.4) is 0 Å². The fourth-order valence-corrected chi connectivity index (χ4v) is 2.92. The Morgan fingerprint density at radius 2 is 1.68 bits per heavy atom. The Hall–Kier alpha value is -4.51. The monoisotopic (exact) mass is 462 g/mol. The second-order valence-corrected chi connectivity index (χ2v) is 7.24. The highest BCUT2D eigenvalue weighted by Crippen LogP contribution is 2.21. The Bertz CT molecular complexity index is 1180. The molecule has 176 valence electrons. The normalized spacial score (nSPS) is 10.3. The van der Waals surface area contributed by atoms with Gasteiger partial charge in [0.25, 0.3) is 5.91 Å². The molecule has 0 aliphatic carbocycles. The number of nitrogens with two attached hydrogens (primary N) is 2. The number of hydrogen-bond donors (Lipinski definition) is 6. The lowest BCUT2D eigenvalue weighted by molar-refractivity contribution is -0.114. The van der Waals surface area contributed by atoms with Crippen LogP contribution < -0.4 is 32.7 Å². The van der Waals surface area contributed by atoms with Gasteiger partial charge in [-0.25, -0.2) is 4.98 Å². The summed E-state index contributed by atoms with van der Waals surface area (Å²) in [6.45, 7) is 2.45. The number of benzene rings is 2. The molecule has 3 rings (SSSR count). The highest BCUT2D eigenvalue weighted by Gasteiger charge is 2.16. The van der Waals surface area contributed by atoms with Gasteiger partial charge < -0.3 is 32.7 Å². The molecule has 0 fully saturated rings. The number of hydrogen-bond acceptors (Lipinski definition) is 8. The maximum absolute atomic E-state index is 13.0. The summed E-state index contributed by atoms with van der Waals surface area (Å²) in [7, 11) is 0. The molecule has 0 aliphatic heterocycles. The first-order valence-corrected chi connectivity index (χ1v) is 10.6. The van der Waals surface area contributed by atoms with E-state index in [2.05, 4.69) is 31.2 Å². The molecule has 0 unspecified atom stereocenters. The number of anilines is 5. The van der Waals surface area contributed by atoms with Gasteiger partial charge in [0.05, 0.1) is 6.54 Å². The lowest BCUT2D eigenvalue weighted by Gasteiger charge is -2.13. The van der Waals surface area contributed by atoms with E-state index in [0.29, 0.717) is 35.0 Å². The van der Waals surface area contributed by atoms with E-state index in [1.165, 1.54) is 6.20 Å². The van der Waals surface area contributed by atoms with Crippen LogP contribution in [0.25, 0.3) is 0 Å². The zero-order valence-corrected chi connectivity index (χ0v) is 18.6. The Morgan fingerprint density at radius 3 is 2.32 bits per heavy atom. The summed E-state index contributed by atoms with van der Waals surface area (Å²) in [5, 5.41) is 11.6. The number of carbonyl (C=O) groups excluding carboxylic acids is 3. The van der Waals surface area contributed by atoms with Crippen molar-refractivity contribution in [2.75, 3.05) is 34.4 Å². The average molecular weight is 463 g/mol. The molecule has 34 heavy (non-hydrogen) atoms. The van der Waals surface area contributed by atoms with Crippen molar-refractivity contribution in [2.45, 2.75) is 13.3 Å². The van der Waals surface area contributed by atoms with Crippen LogP contribution in [0.2, 0.25) is 0 Å².